The smallest absolute Gasteiger partial charge is 0.161 e. The molecule has 0 radical (unpaired) electrons. The number of nitrogens with one attached hydrogen (secondary N) is 1. The van der Waals surface area contributed by atoms with Gasteiger partial charge >= 0.3 is 0 Å². The van der Waals surface area contributed by atoms with Gasteiger partial charge in [-0.25, -0.2) is 0 Å². The van der Waals surface area contributed by atoms with Crippen LogP contribution in [0.2, 0.25) is 0 Å². The first-order chi connectivity index (χ1) is 10.4. The molecule has 3 nitrogen and oxygen atoms in total. The molecule has 1 aliphatic rings. The highest BCUT2D eigenvalue weighted by atomic mass is 16.6. The fourth-order valence-corrected chi connectivity index (χ4v) is 2.49. The van der Waals surface area contributed by atoms with Gasteiger partial charge in [0, 0.05) is 6.54 Å². The Morgan fingerprint density at radius 1 is 0.952 bits per heavy atom. The van der Waals surface area contributed by atoms with Crippen molar-refractivity contribution in [1.29, 1.82) is 0 Å². The second-order valence-corrected chi connectivity index (χ2v) is 5.24. The number of rotatable bonds is 5. The molecule has 1 N–H and O–H groups in total. The molecule has 1 heterocycles. The summed E-state index contributed by atoms with van der Waals surface area (Å²) in [5.41, 5.74) is 3.68. The molecule has 0 aliphatic carbocycles. The van der Waals surface area contributed by atoms with E-state index in [0.29, 0.717) is 13.2 Å². The summed E-state index contributed by atoms with van der Waals surface area (Å²) >= 11 is 0. The maximum absolute atomic E-state index is 5.66. The Balaban J connectivity index is 1.81. The Morgan fingerprint density at radius 2 is 1.76 bits per heavy atom. The Labute approximate surface area is 125 Å². The molecular weight excluding hydrogens is 262 g/mol. The first-order valence-electron chi connectivity index (χ1n) is 7.56. The van der Waals surface area contributed by atoms with Crippen molar-refractivity contribution in [1.82, 2.24) is 5.32 Å². The van der Waals surface area contributed by atoms with Crippen molar-refractivity contribution in [3.63, 3.8) is 0 Å². The maximum Gasteiger partial charge on any atom is 0.161 e. The second-order valence-electron chi connectivity index (χ2n) is 5.24. The molecule has 0 bridgehead atoms. The standard InChI is InChI=1S/C18H21NO2/c1-2-8-19-13-14-4-3-5-15(11-14)16-6-7-17-18(12-16)21-10-9-20-17/h3-7,11-12,19H,2,8-10,13H2,1H3. The van der Waals surface area contributed by atoms with Crippen LogP contribution >= 0.6 is 0 Å². The fourth-order valence-electron chi connectivity index (χ4n) is 2.49. The van der Waals surface area contributed by atoms with Crippen LogP contribution in [0.3, 0.4) is 0 Å². The Morgan fingerprint density at radius 3 is 2.62 bits per heavy atom. The molecule has 3 rings (SSSR count). The van der Waals surface area contributed by atoms with Crippen LogP contribution in [0.1, 0.15) is 18.9 Å². The third kappa shape index (κ3) is 3.37. The van der Waals surface area contributed by atoms with E-state index in [4.69, 9.17) is 9.47 Å². The van der Waals surface area contributed by atoms with Gasteiger partial charge in [-0.05, 0) is 47.9 Å². The second kappa shape index (κ2) is 6.64. The molecule has 0 atom stereocenters. The van der Waals surface area contributed by atoms with E-state index in [2.05, 4.69) is 48.6 Å². The highest BCUT2D eigenvalue weighted by Crippen LogP contribution is 2.34. The van der Waals surface area contributed by atoms with Crippen LogP contribution in [0.4, 0.5) is 0 Å². The van der Waals surface area contributed by atoms with E-state index < -0.39 is 0 Å². The molecule has 0 amide bonds. The molecular formula is C18H21NO2. The number of hydrogen-bond acceptors (Lipinski definition) is 3. The third-order valence-corrected chi connectivity index (χ3v) is 3.56. The Hall–Kier alpha value is -2.00. The number of benzene rings is 2. The fraction of sp³-hybridized carbons (Fsp3) is 0.333. The number of fused-ring (bicyclic) bond motifs is 1. The molecule has 0 unspecified atom stereocenters. The molecule has 1 aliphatic heterocycles. The summed E-state index contributed by atoms with van der Waals surface area (Å²) in [6.45, 7) is 5.39. The Kier molecular flexibility index (Phi) is 4.41. The first kappa shape index (κ1) is 14.0. The van der Waals surface area contributed by atoms with Crippen LogP contribution in [0.25, 0.3) is 11.1 Å². The van der Waals surface area contributed by atoms with Crippen LogP contribution in [-0.4, -0.2) is 19.8 Å². The van der Waals surface area contributed by atoms with E-state index in [1.165, 1.54) is 11.1 Å². The van der Waals surface area contributed by atoms with Crippen LogP contribution < -0.4 is 14.8 Å². The quantitative estimate of drug-likeness (QED) is 0.850. The van der Waals surface area contributed by atoms with Gasteiger partial charge in [-0.1, -0.05) is 31.2 Å². The van der Waals surface area contributed by atoms with Gasteiger partial charge in [-0.3, -0.25) is 0 Å². The normalized spacial score (nSPS) is 13.2. The molecule has 110 valence electrons. The van der Waals surface area contributed by atoms with Crippen molar-refractivity contribution in [2.24, 2.45) is 0 Å². The van der Waals surface area contributed by atoms with E-state index in [0.717, 1.165) is 36.6 Å². The zero-order valence-electron chi connectivity index (χ0n) is 12.4. The maximum atomic E-state index is 5.66. The minimum atomic E-state index is 0.622. The summed E-state index contributed by atoms with van der Waals surface area (Å²) in [7, 11) is 0. The summed E-state index contributed by atoms with van der Waals surface area (Å²) in [6, 6.07) is 14.8. The Bertz CT molecular complexity index is 610. The minimum absolute atomic E-state index is 0.622. The van der Waals surface area contributed by atoms with Gasteiger partial charge < -0.3 is 14.8 Å². The zero-order valence-corrected chi connectivity index (χ0v) is 12.4. The van der Waals surface area contributed by atoms with Crippen molar-refractivity contribution >= 4 is 0 Å². The van der Waals surface area contributed by atoms with Crippen LogP contribution in [-0.2, 0) is 6.54 Å². The van der Waals surface area contributed by atoms with Gasteiger partial charge in [-0.2, -0.15) is 0 Å². The van der Waals surface area contributed by atoms with E-state index in [1.807, 2.05) is 6.07 Å². The lowest BCUT2D eigenvalue weighted by Crippen LogP contribution is -2.15. The molecule has 0 saturated carbocycles. The van der Waals surface area contributed by atoms with E-state index in [9.17, 15) is 0 Å². The summed E-state index contributed by atoms with van der Waals surface area (Å²) < 4.78 is 11.2. The lowest BCUT2D eigenvalue weighted by Gasteiger charge is -2.19. The van der Waals surface area contributed by atoms with Gasteiger partial charge in [0.25, 0.3) is 0 Å². The van der Waals surface area contributed by atoms with Crippen LogP contribution in [0, 0.1) is 0 Å². The van der Waals surface area contributed by atoms with Crippen molar-refractivity contribution in [2.45, 2.75) is 19.9 Å². The molecule has 0 saturated heterocycles. The molecule has 0 fully saturated rings. The molecule has 2 aromatic rings. The SMILES string of the molecule is CCCNCc1cccc(-c2ccc3c(c2)OCCO3)c1. The molecule has 2 aromatic carbocycles. The van der Waals surface area contributed by atoms with Crippen molar-refractivity contribution in [2.75, 3.05) is 19.8 Å². The molecule has 21 heavy (non-hydrogen) atoms. The van der Waals surface area contributed by atoms with Gasteiger partial charge in [0.1, 0.15) is 13.2 Å². The topological polar surface area (TPSA) is 30.5 Å². The lowest BCUT2D eigenvalue weighted by molar-refractivity contribution is 0.171. The van der Waals surface area contributed by atoms with Gasteiger partial charge in [-0.15, -0.1) is 0 Å². The predicted molar refractivity (Wildman–Crippen MR) is 84.9 cm³/mol. The van der Waals surface area contributed by atoms with Gasteiger partial charge in [0.05, 0.1) is 0 Å². The van der Waals surface area contributed by atoms with Gasteiger partial charge in [0.15, 0.2) is 11.5 Å². The van der Waals surface area contributed by atoms with E-state index in [1.54, 1.807) is 0 Å². The minimum Gasteiger partial charge on any atom is -0.486 e. The number of hydrogen-bond donors (Lipinski definition) is 1. The largest absolute Gasteiger partial charge is 0.486 e. The van der Waals surface area contributed by atoms with E-state index in [-0.39, 0.29) is 0 Å². The first-order valence-corrected chi connectivity index (χ1v) is 7.56. The number of ether oxygens (including phenoxy) is 2. The molecule has 3 heteroatoms. The van der Waals surface area contributed by atoms with Crippen LogP contribution in [0.5, 0.6) is 11.5 Å². The predicted octanol–water partition coefficient (Wildman–Crippen LogP) is 3.62. The lowest BCUT2D eigenvalue weighted by atomic mass is 10.0. The highest BCUT2D eigenvalue weighted by Gasteiger charge is 2.12. The van der Waals surface area contributed by atoms with Gasteiger partial charge in [0.2, 0.25) is 0 Å². The summed E-state index contributed by atoms with van der Waals surface area (Å²) in [4.78, 5) is 0. The molecule has 0 aromatic heterocycles. The summed E-state index contributed by atoms with van der Waals surface area (Å²) in [6.07, 6.45) is 1.15. The average molecular weight is 283 g/mol. The highest BCUT2D eigenvalue weighted by molar-refractivity contribution is 5.68. The van der Waals surface area contributed by atoms with Crippen LogP contribution in [0.15, 0.2) is 42.5 Å². The van der Waals surface area contributed by atoms with Crippen molar-refractivity contribution in [3.8, 4) is 22.6 Å². The average Bonchev–Trinajstić information content (AvgIpc) is 2.55. The molecule has 0 spiro atoms. The summed E-state index contributed by atoms with van der Waals surface area (Å²) in [5.74, 6) is 1.68. The van der Waals surface area contributed by atoms with Crippen molar-refractivity contribution in [3.05, 3.63) is 48.0 Å². The monoisotopic (exact) mass is 283 g/mol. The third-order valence-electron chi connectivity index (χ3n) is 3.56. The van der Waals surface area contributed by atoms with E-state index >= 15 is 0 Å². The van der Waals surface area contributed by atoms with Crippen molar-refractivity contribution < 1.29 is 9.47 Å². The summed E-state index contributed by atoms with van der Waals surface area (Å²) in [5, 5.41) is 3.44. The zero-order chi connectivity index (χ0) is 14.5.